The van der Waals surface area contributed by atoms with E-state index in [1.54, 1.807) is 7.05 Å². The first kappa shape index (κ1) is 20.3. The van der Waals surface area contributed by atoms with Crippen LogP contribution in [0, 0.1) is 6.92 Å². The van der Waals surface area contributed by atoms with Gasteiger partial charge in [-0.15, -0.1) is 0 Å². The van der Waals surface area contributed by atoms with E-state index < -0.39 is 0 Å². The molecule has 0 bridgehead atoms. The van der Waals surface area contributed by atoms with E-state index >= 15 is 0 Å². The third-order valence-corrected chi connectivity index (χ3v) is 5.42. The fourth-order valence-corrected chi connectivity index (χ4v) is 3.80. The van der Waals surface area contributed by atoms with Crippen molar-refractivity contribution in [2.24, 2.45) is 0 Å². The Balaban J connectivity index is 1.52. The highest BCUT2D eigenvalue weighted by Crippen LogP contribution is 2.32. The molecule has 1 N–H and O–H groups in total. The summed E-state index contributed by atoms with van der Waals surface area (Å²) in [6.07, 6.45) is 2.03. The Bertz CT molecular complexity index is 1060. The van der Waals surface area contributed by atoms with Crippen molar-refractivity contribution in [2.75, 3.05) is 25.0 Å². The molecular weight excluding hydrogens is 382 g/mol. The third kappa shape index (κ3) is 4.01. The van der Waals surface area contributed by atoms with Crippen LogP contribution in [0.2, 0.25) is 0 Å². The van der Waals surface area contributed by atoms with Crippen LogP contribution in [-0.4, -0.2) is 50.8 Å². The van der Waals surface area contributed by atoms with E-state index in [0.717, 1.165) is 37.4 Å². The summed E-state index contributed by atoms with van der Waals surface area (Å²) in [5, 5.41) is 7.29. The lowest BCUT2D eigenvalue weighted by Gasteiger charge is -2.32. The molecule has 0 atom stereocenters. The first-order valence-corrected chi connectivity index (χ1v) is 10.4. The van der Waals surface area contributed by atoms with Gasteiger partial charge in [-0.25, -0.2) is 14.6 Å². The number of nitrogens with one attached hydrogen (secondary N) is 1. The van der Waals surface area contributed by atoms with Crippen LogP contribution >= 0.6 is 0 Å². The van der Waals surface area contributed by atoms with Crippen LogP contribution < -0.4 is 10.2 Å². The number of carbonyl (C=O) groups is 1. The summed E-state index contributed by atoms with van der Waals surface area (Å²) >= 11 is 0. The molecule has 4 heterocycles. The highest BCUT2D eigenvalue weighted by molar-refractivity contribution is 5.77. The summed E-state index contributed by atoms with van der Waals surface area (Å²) in [5.41, 5.74) is 2.09. The van der Waals surface area contributed by atoms with E-state index in [-0.39, 0.29) is 23.8 Å². The first-order chi connectivity index (χ1) is 14.2. The molecule has 1 saturated heterocycles. The Hall–Kier alpha value is -2.97. The van der Waals surface area contributed by atoms with Gasteiger partial charge in [0.05, 0.1) is 12.0 Å². The number of hydrogen-bond donors (Lipinski definition) is 1. The molecule has 0 aliphatic carbocycles. The Morgan fingerprint density at radius 1 is 1.20 bits per heavy atom. The summed E-state index contributed by atoms with van der Waals surface area (Å²) in [6.45, 7) is 9.91. The molecule has 0 saturated carbocycles. The average molecular weight is 412 g/mol. The number of likely N-dealkylation sites (N-methyl/N-ethyl adjacent to an activating group) is 1. The second-order valence-corrected chi connectivity index (χ2v) is 8.85. The second-order valence-electron chi connectivity index (χ2n) is 8.85. The number of aryl methyl sites for hydroxylation is 1. The number of nitrogens with zero attached hydrogens (tertiary/aromatic N) is 6. The molecule has 1 aliphatic rings. The minimum absolute atomic E-state index is 0.0813. The predicted molar refractivity (Wildman–Crippen MR) is 114 cm³/mol. The largest absolute Gasteiger partial charge is 0.422 e. The van der Waals surface area contributed by atoms with Gasteiger partial charge in [0.25, 0.3) is 6.01 Å². The fraction of sp³-hybridized carbons (Fsp3) is 0.571. The van der Waals surface area contributed by atoms with Crippen molar-refractivity contribution in [3.63, 3.8) is 0 Å². The van der Waals surface area contributed by atoms with Gasteiger partial charge < -0.3 is 14.6 Å². The van der Waals surface area contributed by atoms with Crippen LogP contribution in [0.1, 0.15) is 56.9 Å². The van der Waals surface area contributed by atoms with Gasteiger partial charge in [-0.3, -0.25) is 4.79 Å². The smallest absolute Gasteiger partial charge is 0.299 e. The van der Waals surface area contributed by atoms with Crippen LogP contribution in [0.4, 0.5) is 6.01 Å². The number of carbonyl (C=O) groups excluding carboxylic acids is 1. The minimum Gasteiger partial charge on any atom is -0.422 e. The van der Waals surface area contributed by atoms with Gasteiger partial charge in [0.2, 0.25) is 11.6 Å². The van der Waals surface area contributed by atoms with Crippen LogP contribution in [-0.2, 0) is 16.8 Å². The predicted octanol–water partition coefficient (Wildman–Crippen LogP) is 2.55. The molecule has 0 radical (unpaired) electrons. The van der Waals surface area contributed by atoms with E-state index in [9.17, 15) is 4.79 Å². The van der Waals surface area contributed by atoms with Crippen molar-refractivity contribution < 1.29 is 9.21 Å². The summed E-state index contributed by atoms with van der Waals surface area (Å²) in [4.78, 5) is 27.7. The highest BCUT2D eigenvalue weighted by Gasteiger charge is 2.31. The molecule has 9 heteroatoms. The van der Waals surface area contributed by atoms with Gasteiger partial charge in [0, 0.05) is 31.7 Å². The maximum atomic E-state index is 11.8. The molecule has 4 rings (SSSR count). The molecular formula is C21H29N7O2. The number of anilines is 1. The van der Waals surface area contributed by atoms with Crippen molar-refractivity contribution >= 4 is 23.2 Å². The number of rotatable bonds is 4. The van der Waals surface area contributed by atoms with Crippen LogP contribution in [0.15, 0.2) is 16.5 Å². The van der Waals surface area contributed by atoms with Crippen molar-refractivity contribution in [2.45, 2.75) is 58.4 Å². The summed E-state index contributed by atoms with van der Waals surface area (Å²) in [6, 6.07) is 4.47. The molecule has 0 aromatic carbocycles. The molecule has 9 nitrogen and oxygen atoms in total. The SMILES string of the molecule is CNC(=O)Cc1nc(C2CCN(c3nc4nc(C)ccc4o3)CC2)n(C(C)(C)C)n1. The van der Waals surface area contributed by atoms with E-state index in [2.05, 4.69) is 46.1 Å². The van der Waals surface area contributed by atoms with E-state index in [0.29, 0.717) is 23.1 Å². The maximum Gasteiger partial charge on any atom is 0.299 e. The number of pyridine rings is 1. The van der Waals surface area contributed by atoms with Crippen LogP contribution in [0.25, 0.3) is 11.2 Å². The standard InChI is InChI=1S/C21H29N7O2/c1-13-6-7-15-18(23-13)25-20(30-15)27-10-8-14(9-11-27)19-24-16(12-17(29)22-5)26-28(19)21(2,3)4/h6-7,14H,8-12H2,1-5H3,(H,22,29). The topological polar surface area (TPSA) is 102 Å². The molecule has 0 unspecified atom stereocenters. The molecule has 1 fully saturated rings. The van der Waals surface area contributed by atoms with Gasteiger partial charge in [-0.1, -0.05) is 0 Å². The maximum absolute atomic E-state index is 11.8. The molecule has 1 aliphatic heterocycles. The minimum atomic E-state index is -0.204. The second kappa shape index (κ2) is 7.70. The quantitative estimate of drug-likeness (QED) is 0.704. The van der Waals surface area contributed by atoms with E-state index in [4.69, 9.17) is 9.40 Å². The Morgan fingerprint density at radius 3 is 2.60 bits per heavy atom. The van der Waals surface area contributed by atoms with Crippen molar-refractivity contribution in [1.82, 2.24) is 30.0 Å². The van der Waals surface area contributed by atoms with Gasteiger partial charge in [-0.2, -0.15) is 10.1 Å². The average Bonchev–Trinajstić information content (AvgIpc) is 3.31. The van der Waals surface area contributed by atoms with Gasteiger partial charge in [0.15, 0.2) is 11.4 Å². The van der Waals surface area contributed by atoms with Gasteiger partial charge >= 0.3 is 0 Å². The molecule has 160 valence electrons. The van der Waals surface area contributed by atoms with Crippen LogP contribution in [0.5, 0.6) is 0 Å². The summed E-state index contributed by atoms with van der Waals surface area (Å²) in [5.74, 6) is 1.72. The van der Waals surface area contributed by atoms with E-state index in [1.165, 1.54) is 0 Å². The molecule has 30 heavy (non-hydrogen) atoms. The number of fused-ring (bicyclic) bond motifs is 1. The zero-order valence-electron chi connectivity index (χ0n) is 18.3. The summed E-state index contributed by atoms with van der Waals surface area (Å²) in [7, 11) is 1.63. The number of aromatic nitrogens is 5. The molecule has 3 aromatic heterocycles. The van der Waals surface area contributed by atoms with Gasteiger partial charge in [0.1, 0.15) is 5.82 Å². The first-order valence-electron chi connectivity index (χ1n) is 10.4. The summed E-state index contributed by atoms with van der Waals surface area (Å²) < 4.78 is 7.90. The van der Waals surface area contributed by atoms with Crippen molar-refractivity contribution in [1.29, 1.82) is 0 Å². The highest BCUT2D eigenvalue weighted by atomic mass is 16.4. The lowest BCUT2D eigenvalue weighted by atomic mass is 9.95. The van der Waals surface area contributed by atoms with Crippen LogP contribution in [0.3, 0.4) is 0 Å². The van der Waals surface area contributed by atoms with E-state index in [1.807, 2.05) is 23.7 Å². The van der Waals surface area contributed by atoms with Gasteiger partial charge in [-0.05, 0) is 52.7 Å². The number of oxazole rings is 1. The molecule has 3 aromatic rings. The zero-order valence-corrected chi connectivity index (χ0v) is 18.3. The lowest BCUT2D eigenvalue weighted by molar-refractivity contribution is -0.120. The van der Waals surface area contributed by atoms with Crippen molar-refractivity contribution in [3.05, 3.63) is 29.5 Å². The Labute approximate surface area is 175 Å². The number of hydrogen-bond acceptors (Lipinski definition) is 7. The Kier molecular flexibility index (Phi) is 5.21. The fourth-order valence-electron chi connectivity index (χ4n) is 3.80. The normalized spacial score (nSPS) is 15.7. The molecule has 0 spiro atoms. The van der Waals surface area contributed by atoms with Crippen molar-refractivity contribution in [3.8, 4) is 0 Å². The number of amides is 1. The Morgan fingerprint density at radius 2 is 1.93 bits per heavy atom. The molecule has 1 amide bonds. The lowest BCUT2D eigenvalue weighted by Crippen LogP contribution is -2.35. The monoisotopic (exact) mass is 411 g/mol. The zero-order chi connectivity index (χ0) is 21.5. The third-order valence-electron chi connectivity index (χ3n) is 5.42. The number of piperidine rings is 1.